The fourth-order valence-corrected chi connectivity index (χ4v) is 3.06. The van der Waals surface area contributed by atoms with E-state index in [1.165, 1.54) is 24.7 Å². The van der Waals surface area contributed by atoms with Gasteiger partial charge in [0.2, 0.25) is 0 Å². The Morgan fingerprint density at radius 2 is 2.13 bits per heavy atom. The van der Waals surface area contributed by atoms with Crippen LogP contribution in [-0.2, 0) is 11.4 Å². The van der Waals surface area contributed by atoms with E-state index in [1.54, 1.807) is 18.3 Å². The molecule has 3 N–H and O–H groups in total. The summed E-state index contributed by atoms with van der Waals surface area (Å²) < 4.78 is 15.3. The molecule has 2 aromatic carbocycles. The molecule has 9 heteroatoms. The van der Waals surface area contributed by atoms with Gasteiger partial charge in [-0.2, -0.15) is 5.10 Å². The molecule has 4 rings (SSSR count). The number of oxime groups is 1. The molecule has 0 aliphatic heterocycles. The summed E-state index contributed by atoms with van der Waals surface area (Å²) in [6.45, 7) is 4.32. The number of nitrogens with one attached hydrogen (secondary N) is 1. The largest absolute Gasteiger partial charge is 0.392 e. The maximum absolute atomic E-state index is 13.5. The van der Waals surface area contributed by atoms with Crippen molar-refractivity contribution in [1.82, 2.24) is 19.7 Å². The third-order valence-corrected chi connectivity index (χ3v) is 4.49. The Bertz CT molecular complexity index is 1250. The van der Waals surface area contributed by atoms with Crippen LogP contribution in [0.1, 0.15) is 11.1 Å². The normalized spacial score (nSPS) is 11.1. The second kappa shape index (κ2) is 9.04. The summed E-state index contributed by atoms with van der Waals surface area (Å²) in [5, 5.41) is 12.4. The van der Waals surface area contributed by atoms with E-state index in [0.29, 0.717) is 17.9 Å². The lowest BCUT2D eigenvalue weighted by atomic mass is 10.2. The highest BCUT2D eigenvalue weighted by molar-refractivity contribution is 5.93. The van der Waals surface area contributed by atoms with Gasteiger partial charge in [-0.25, -0.2) is 14.4 Å². The van der Waals surface area contributed by atoms with E-state index in [4.69, 9.17) is 10.6 Å². The summed E-state index contributed by atoms with van der Waals surface area (Å²) in [5.41, 5.74) is 9.03. The molecular weight excluding hydrogens is 397 g/mol. The van der Waals surface area contributed by atoms with Crippen LogP contribution < -0.4 is 11.1 Å². The first-order valence-corrected chi connectivity index (χ1v) is 9.48. The lowest BCUT2D eigenvalue weighted by Crippen LogP contribution is -2.05. The molecular formula is C22H20FN7O. The Morgan fingerprint density at radius 3 is 2.97 bits per heavy atom. The summed E-state index contributed by atoms with van der Waals surface area (Å²) in [7, 11) is 0. The third kappa shape index (κ3) is 4.67. The number of nitrogen functional groups attached to an aromatic ring is 1. The summed E-state index contributed by atoms with van der Waals surface area (Å²) in [6.07, 6.45) is 6.18. The van der Waals surface area contributed by atoms with Gasteiger partial charge >= 0.3 is 0 Å². The highest BCUT2D eigenvalue weighted by atomic mass is 19.1. The van der Waals surface area contributed by atoms with Crippen LogP contribution in [0.25, 0.3) is 10.9 Å². The molecule has 31 heavy (non-hydrogen) atoms. The summed E-state index contributed by atoms with van der Waals surface area (Å²) in [5.74, 6) is 0.496. The first kappa shape index (κ1) is 20.0. The maximum atomic E-state index is 13.5. The molecule has 0 aliphatic rings. The van der Waals surface area contributed by atoms with Crippen molar-refractivity contribution in [3.63, 3.8) is 0 Å². The molecule has 0 spiro atoms. The zero-order valence-corrected chi connectivity index (χ0v) is 16.6. The monoisotopic (exact) mass is 417 g/mol. The van der Waals surface area contributed by atoms with Crippen molar-refractivity contribution < 1.29 is 9.23 Å². The predicted octanol–water partition coefficient (Wildman–Crippen LogP) is 3.88. The number of nitrogens with zero attached hydrogens (tertiary/aromatic N) is 5. The van der Waals surface area contributed by atoms with Crippen LogP contribution >= 0.6 is 0 Å². The lowest BCUT2D eigenvalue weighted by Gasteiger charge is -2.10. The molecule has 0 saturated carbocycles. The van der Waals surface area contributed by atoms with Gasteiger partial charge in [0.1, 0.15) is 30.4 Å². The van der Waals surface area contributed by atoms with Crippen LogP contribution in [0.2, 0.25) is 0 Å². The molecule has 0 radical (unpaired) electrons. The Labute approximate surface area is 177 Å². The summed E-state index contributed by atoms with van der Waals surface area (Å²) in [4.78, 5) is 13.3. The fourth-order valence-electron chi connectivity index (χ4n) is 3.06. The number of nitrogens with two attached hydrogens (primary N) is 1. The van der Waals surface area contributed by atoms with E-state index in [-0.39, 0.29) is 18.2 Å². The zero-order chi connectivity index (χ0) is 21.6. The van der Waals surface area contributed by atoms with E-state index in [1.807, 2.05) is 28.9 Å². The molecule has 156 valence electrons. The van der Waals surface area contributed by atoms with Gasteiger partial charge in [-0.05, 0) is 35.9 Å². The molecule has 2 aromatic heterocycles. The zero-order valence-electron chi connectivity index (χ0n) is 16.6. The van der Waals surface area contributed by atoms with Crippen LogP contribution in [0.5, 0.6) is 0 Å². The number of benzene rings is 2. The van der Waals surface area contributed by atoms with Crippen LogP contribution in [0.4, 0.5) is 21.7 Å². The molecule has 0 aliphatic carbocycles. The van der Waals surface area contributed by atoms with Crippen molar-refractivity contribution in [1.29, 1.82) is 0 Å². The standard InChI is InChI=1S/C22H20FN7O/c1-2-8-31-28-12-19-21(24)25-14-26-22(19)29-18-6-7-20-16(10-18)11-27-30(20)13-15-4-3-5-17(23)9-15/h2-7,9-12,14H,1,8,13H2,(H3,24,25,26,29). The van der Waals surface area contributed by atoms with Gasteiger partial charge in [0, 0.05) is 11.1 Å². The molecule has 0 atom stereocenters. The highest BCUT2D eigenvalue weighted by Gasteiger charge is 2.10. The smallest absolute Gasteiger partial charge is 0.144 e. The second-order valence-electron chi connectivity index (χ2n) is 6.67. The topological polar surface area (TPSA) is 103 Å². The van der Waals surface area contributed by atoms with Crippen LogP contribution in [-0.4, -0.2) is 32.6 Å². The number of hydrogen-bond donors (Lipinski definition) is 2. The SMILES string of the molecule is C=CCON=Cc1c(N)ncnc1Nc1ccc2c(cnn2Cc2cccc(F)c2)c1. The number of rotatable bonds is 8. The minimum atomic E-state index is -0.265. The third-order valence-electron chi connectivity index (χ3n) is 4.49. The Kier molecular flexibility index (Phi) is 5.84. The van der Waals surface area contributed by atoms with Crippen molar-refractivity contribution >= 4 is 34.4 Å². The highest BCUT2D eigenvalue weighted by Crippen LogP contribution is 2.24. The maximum Gasteiger partial charge on any atom is 0.144 e. The Hall–Kier alpha value is -4.27. The van der Waals surface area contributed by atoms with Crippen LogP contribution in [0.3, 0.4) is 0 Å². The molecule has 0 amide bonds. The quantitative estimate of drug-likeness (QED) is 0.195. The number of halogens is 1. The van der Waals surface area contributed by atoms with Gasteiger partial charge in [0.05, 0.1) is 30.0 Å². The first-order chi connectivity index (χ1) is 15.1. The number of fused-ring (bicyclic) bond motifs is 1. The van der Waals surface area contributed by atoms with Gasteiger partial charge in [-0.15, -0.1) is 0 Å². The number of hydrogen-bond acceptors (Lipinski definition) is 7. The van der Waals surface area contributed by atoms with Gasteiger partial charge in [-0.3, -0.25) is 4.68 Å². The molecule has 0 unspecified atom stereocenters. The predicted molar refractivity (Wildman–Crippen MR) is 119 cm³/mol. The minimum Gasteiger partial charge on any atom is -0.392 e. The molecule has 8 nitrogen and oxygen atoms in total. The van der Waals surface area contributed by atoms with Gasteiger partial charge in [0.15, 0.2) is 0 Å². The van der Waals surface area contributed by atoms with Crippen molar-refractivity contribution in [2.24, 2.45) is 5.16 Å². The number of aromatic nitrogens is 4. The molecule has 4 aromatic rings. The average molecular weight is 417 g/mol. The lowest BCUT2D eigenvalue weighted by molar-refractivity contribution is 0.176. The molecule has 0 fully saturated rings. The summed E-state index contributed by atoms with van der Waals surface area (Å²) in [6, 6.07) is 12.3. The van der Waals surface area contributed by atoms with Crippen molar-refractivity contribution in [2.75, 3.05) is 17.7 Å². The average Bonchev–Trinajstić information content (AvgIpc) is 3.15. The van der Waals surface area contributed by atoms with E-state index in [9.17, 15) is 4.39 Å². The Morgan fingerprint density at radius 1 is 1.23 bits per heavy atom. The second-order valence-corrected chi connectivity index (χ2v) is 6.67. The van der Waals surface area contributed by atoms with Crippen molar-refractivity contribution in [2.45, 2.75) is 6.54 Å². The first-order valence-electron chi connectivity index (χ1n) is 9.48. The Balaban J connectivity index is 1.57. The van der Waals surface area contributed by atoms with Gasteiger partial charge < -0.3 is 15.9 Å². The minimum absolute atomic E-state index is 0.265. The van der Waals surface area contributed by atoms with E-state index in [2.05, 4.69) is 32.1 Å². The van der Waals surface area contributed by atoms with E-state index >= 15 is 0 Å². The number of anilines is 3. The van der Waals surface area contributed by atoms with Gasteiger partial charge in [0.25, 0.3) is 0 Å². The van der Waals surface area contributed by atoms with Crippen molar-refractivity contribution in [3.05, 3.63) is 84.6 Å². The van der Waals surface area contributed by atoms with E-state index < -0.39 is 0 Å². The van der Waals surface area contributed by atoms with E-state index in [0.717, 1.165) is 22.2 Å². The molecule has 2 heterocycles. The summed E-state index contributed by atoms with van der Waals surface area (Å²) >= 11 is 0. The van der Waals surface area contributed by atoms with Crippen molar-refractivity contribution in [3.8, 4) is 0 Å². The van der Waals surface area contributed by atoms with Gasteiger partial charge in [-0.1, -0.05) is 29.9 Å². The fraction of sp³-hybridized carbons (Fsp3) is 0.0909. The molecule has 0 saturated heterocycles. The van der Waals surface area contributed by atoms with Crippen LogP contribution in [0.15, 0.2) is 72.8 Å². The van der Waals surface area contributed by atoms with Crippen LogP contribution in [0, 0.1) is 5.82 Å². The molecule has 0 bridgehead atoms.